The molecule has 0 radical (unpaired) electrons. The zero-order chi connectivity index (χ0) is 31.1. The third-order valence-electron chi connectivity index (χ3n) is 9.12. The van der Waals surface area contributed by atoms with Gasteiger partial charge < -0.3 is 29.9 Å². The Labute approximate surface area is 272 Å². The first-order valence-corrected chi connectivity index (χ1v) is 18.1. The molecule has 4 aliphatic heterocycles. The smallest absolute Gasteiger partial charge is 0.232 e. The van der Waals surface area contributed by atoms with Gasteiger partial charge >= 0.3 is 0 Å². The van der Waals surface area contributed by atoms with Crippen LogP contribution >= 0.6 is 15.9 Å². The van der Waals surface area contributed by atoms with Gasteiger partial charge in [-0.05, 0) is 66.0 Å². The third-order valence-corrected chi connectivity index (χ3v) is 10.9. The maximum Gasteiger partial charge on any atom is 0.232 e. The lowest BCUT2D eigenvalue weighted by atomic mass is 10.0. The van der Waals surface area contributed by atoms with Crippen molar-refractivity contribution in [2.45, 2.75) is 25.3 Å². The summed E-state index contributed by atoms with van der Waals surface area (Å²) in [5.41, 5.74) is 4.07. The average molecular weight is 700 g/mol. The van der Waals surface area contributed by atoms with Gasteiger partial charge in [-0.15, -0.1) is 0 Å². The number of hydrogen-bond donors (Lipinski definition) is 2. The number of likely N-dealkylation sites (N-methyl/N-ethyl adjacent to an activating group) is 1. The zero-order valence-corrected chi connectivity index (χ0v) is 28.0. The van der Waals surface area contributed by atoms with Gasteiger partial charge in [0.1, 0.15) is 19.0 Å². The van der Waals surface area contributed by atoms with Gasteiger partial charge in [0, 0.05) is 58.1 Å². The number of nitrogens with one attached hydrogen (secondary N) is 2. The minimum absolute atomic E-state index is 0.366. The van der Waals surface area contributed by atoms with Crippen molar-refractivity contribution in [3.05, 3.63) is 46.6 Å². The highest BCUT2D eigenvalue weighted by Crippen LogP contribution is 2.46. The van der Waals surface area contributed by atoms with Gasteiger partial charge in [-0.2, -0.15) is 4.98 Å². The van der Waals surface area contributed by atoms with Crippen molar-refractivity contribution >= 4 is 60.5 Å². The van der Waals surface area contributed by atoms with Crippen LogP contribution in [-0.2, 0) is 16.4 Å². The standard InChI is InChI=1S/C31H39BrN8O4S/c1-37-14-16-38(17-15-37)22-9-11-39(12-10-22)26-7-6-25(28-29(26)44-19-18-43-28)35-31-33-20-23(32)30(36-31)34-24-5-3-4-21-8-13-40(27(21)24)45(2,41)42/h3-7,20,22H,8-19H2,1-2H3,(H2,33,34,35,36). The molecule has 12 nitrogen and oxygen atoms in total. The number of nitrogens with zero attached hydrogens (tertiary/aromatic N) is 6. The van der Waals surface area contributed by atoms with E-state index >= 15 is 0 Å². The number of hydrogen-bond acceptors (Lipinski definition) is 11. The van der Waals surface area contributed by atoms with Crippen LogP contribution in [0.1, 0.15) is 18.4 Å². The summed E-state index contributed by atoms with van der Waals surface area (Å²) in [6.07, 6.45) is 5.82. The van der Waals surface area contributed by atoms with E-state index in [2.05, 4.69) is 59.4 Å². The number of aromatic nitrogens is 2. The first-order valence-electron chi connectivity index (χ1n) is 15.5. The van der Waals surface area contributed by atoms with Gasteiger partial charge in [-0.1, -0.05) is 12.1 Å². The van der Waals surface area contributed by atoms with Gasteiger partial charge in [0.25, 0.3) is 0 Å². The minimum atomic E-state index is -3.42. The van der Waals surface area contributed by atoms with Crippen LogP contribution in [0, 0.1) is 0 Å². The van der Waals surface area contributed by atoms with Crippen molar-refractivity contribution in [3.8, 4) is 11.5 Å². The molecule has 0 atom stereocenters. The molecule has 2 N–H and O–H groups in total. The Bertz CT molecular complexity index is 1680. The van der Waals surface area contributed by atoms with E-state index in [1.807, 2.05) is 24.3 Å². The second-order valence-corrected chi connectivity index (χ2v) is 14.8. The Morgan fingerprint density at radius 2 is 1.67 bits per heavy atom. The summed E-state index contributed by atoms with van der Waals surface area (Å²) in [7, 11) is -1.21. The van der Waals surface area contributed by atoms with Crippen molar-refractivity contribution < 1.29 is 17.9 Å². The normalized spacial score (nSPS) is 19.4. The number of rotatable bonds is 7. The molecule has 4 aliphatic rings. The van der Waals surface area contributed by atoms with Gasteiger partial charge in [0.05, 0.1) is 33.5 Å². The molecule has 0 aliphatic carbocycles. The summed E-state index contributed by atoms with van der Waals surface area (Å²) in [5, 5.41) is 6.66. The number of para-hydroxylation sites is 1. The molecule has 0 bridgehead atoms. The summed E-state index contributed by atoms with van der Waals surface area (Å²) in [4.78, 5) is 16.7. The summed E-state index contributed by atoms with van der Waals surface area (Å²) in [6, 6.07) is 10.5. The number of benzene rings is 2. The van der Waals surface area contributed by atoms with Crippen LogP contribution in [-0.4, -0.2) is 107 Å². The van der Waals surface area contributed by atoms with E-state index in [4.69, 9.17) is 14.5 Å². The first kappa shape index (κ1) is 30.3. The van der Waals surface area contributed by atoms with Crippen molar-refractivity contribution in [2.75, 3.05) is 92.2 Å². The summed E-state index contributed by atoms with van der Waals surface area (Å²) in [5.74, 6) is 2.28. The Hall–Kier alpha value is -3.33. The molecular weight excluding hydrogens is 660 g/mol. The van der Waals surface area contributed by atoms with E-state index in [0.29, 0.717) is 65.6 Å². The van der Waals surface area contributed by atoms with E-state index in [-0.39, 0.29) is 0 Å². The van der Waals surface area contributed by atoms with Crippen LogP contribution in [0.4, 0.5) is 34.5 Å². The van der Waals surface area contributed by atoms with Crippen molar-refractivity contribution in [1.29, 1.82) is 0 Å². The largest absolute Gasteiger partial charge is 0.484 e. The zero-order valence-electron chi connectivity index (χ0n) is 25.6. The van der Waals surface area contributed by atoms with E-state index < -0.39 is 10.0 Å². The van der Waals surface area contributed by atoms with Gasteiger partial charge in [-0.25, -0.2) is 13.4 Å². The molecule has 14 heteroatoms. The average Bonchev–Trinajstić information content (AvgIpc) is 3.50. The fraction of sp³-hybridized carbons (Fsp3) is 0.484. The molecule has 0 spiro atoms. The number of anilines is 6. The van der Waals surface area contributed by atoms with Crippen LogP contribution < -0.4 is 29.3 Å². The maximum absolute atomic E-state index is 12.5. The highest BCUT2D eigenvalue weighted by atomic mass is 79.9. The van der Waals surface area contributed by atoms with Crippen LogP contribution in [0.5, 0.6) is 11.5 Å². The van der Waals surface area contributed by atoms with Gasteiger partial charge in [0.2, 0.25) is 16.0 Å². The highest BCUT2D eigenvalue weighted by Gasteiger charge is 2.31. The number of piperidine rings is 1. The lowest BCUT2D eigenvalue weighted by Crippen LogP contribution is -2.52. The van der Waals surface area contributed by atoms with Crippen LogP contribution in [0.25, 0.3) is 0 Å². The van der Waals surface area contributed by atoms with E-state index in [1.165, 1.54) is 10.6 Å². The second kappa shape index (κ2) is 12.5. The fourth-order valence-corrected chi connectivity index (χ4v) is 8.01. The molecule has 2 aromatic carbocycles. The lowest BCUT2D eigenvalue weighted by Gasteiger charge is -2.43. The Morgan fingerprint density at radius 3 is 2.42 bits per heavy atom. The highest BCUT2D eigenvalue weighted by molar-refractivity contribution is 9.10. The minimum Gasteiger partial charge on any atom is -0.484 e. The van der Waals surface area contributed by atoms with Gasteiger partial charge in [0.15, 0.2) is 11.5 Å². The Balaban J connectivity index is 1.09. The van der Waals surface area contributed by atoms with E-state index in [9.17, 15) is 8.42 Å². The fourth-order valence-electron chi connectivity index (χ4n) is 6.75. The first-order chi connectivity index (χ1) is 21.7. The Morgan fingerprint density at radius 1 is 0.911 bits per heavy atom. The molecule has 1 aromatic heterocycles. The number of fused-ring (bicyclic) bond motifs is 2. The molecular formula is C31H39BrN8O4S. The molecule has 0 saturated carbocycles. The number of sulfonamides is 1. The van der Waals surface area contributed by atoms with E-state index in [1.54, 1.807) is 6.20 Å². The monoisotopic (exact) mass is 698 g/mol. The molecule has 2 fully saturated rings. The Kier molecular flexibility index (Phi) is 8.40. The van der Waals surface area contributed by atoms with E-state index in [0.717, 1.165) is 74.8 Å². The second-order valence-electron chi connectivity index (χ2n) is 12.1. The molecule has 240 valence electrons. The predicted octanol–water partition coefficient (Wildman–Crippen LogP) is 4.04. The summed E-state index contributed by atoms with van der Waals surface area (Å²) < 4.78 is 39.4. The maximum atomic E-state index is 12.5. The van der Waals surface area contributed by atoms with Crippen LogP contribution in [0.15, 0.2) is 41.0 Å². The summed E-state index contributed by atoms with van der Waals surface area (Å²) >= 11 is 3.55. The molecule has 2 saturated heterocycles. The van der Waals surface area contributed by atoms with Crippen molar-refractivity contribution in [2.24, 2.45) is 0 Å². The third kappa shape index (κ3) is 6.25. The van der Waals surface area contributed by atoms with Gasteiger partial charge in [-0.3, -0.25) is 9.21 Å². The molecule has 0 unspecified atom stereocenters. The molecule has 0 amide bonds. The van der Waals surface area contributed by atoms with Crippen LogP contribution in [0.2, 0.25) is 0 Å². The summed E-state index contributed by atoms with van der Waals surface area (Å²) in [6.45, 7) is 7.91. The number of ether oxygens (including phenoxy) is 2. The van der Waals surface area contributed by atoms with Crippen molar-refractivity contribution in [1.82, 2.24) is 19.8 Å². The SMILES string of the molecule is CN1CCN(C2CCN(c3ccc(Nc4ncc(Br)c(Nc5cccc6c5N(S(C)(=O)=O)CC6)n4)c4c3OCCO4)CC2)CC1. The number of halogens is 1. The quantitative estimate of drug-likeness (QED) is 0.373. The lowest BCUT2D eigenvalue weighted by molar-refractivity contribution is 0.0980. The number of piperazine rings is 1. The molecule has 3 aromatic rings. The topological polar surface area (TPSA) is 115 Å². The van der Waals surface area contributed by atoms with Crippen LogP contribution in [0.3, 0.4) is 0 Å². The molecule has 5 heterocycles. The molecule has 45 heavy (non-hydrogen) atoms. The molecule has 7 rings (SSSR count). The van der Waals surface area contributed by atoms with Crippen molar-refractivity contribution in [3.63, 3.8) is 0 Å². The predicted molar refractivity (Wildman–Crippen MR) is 180 cm³/mol.